The van der Waals surface area contributed by atoms with Gasteiger partial charge in [0.1, 0.15) is 0 Å². The molecule has 2 heterocycles. The van der Waals surface area contributed by atoms with E-state index < -0.39 is 0 Å². The van der Waals surface area contributed by atoms with Gasteiger partial charge in [-0.1, -0.05) is 42.5 Å². The standard InChI is InChI=1S/C20H25N3O/c21-19-8-4-5-9-20(19)22-16-10-17-13-24-14-18(11-16)23(17)12-15-6-2-1-3-7-15/h1-9,16-18,22H,10-14,21H2. The van der Waals surface area contributed by atoms with Gasteiger partial charge in [-0.25, -0.2) is 0 Å². The van der Waals surface area contributed by atoms with E-state index in [9.17, 15) is 0 Å². The van der Waals surface area contributed by atoms with Crippen LogP contribution in [0.1, 0.15) is 18.4 Å². The number of rotatable bonds is 4. The van der Waals surface area contributed by atoms with E-state index >= 15 is 0 Å². The summed E-state index contributed by atoms with van der Waals surface area (Å²) in [6.45, 7) is 2.66. The summed E-state index contributed by atoms with van der Waals surface area (Å²) < 4.78 is 5.83. The number of anilines is 2. The molecule has 24 heavy (non-hydrogen) atoms. The smallest absolute Gasteiger partial charge is 0.0623 e. The summed E-state index contributed by atoms with van der Waals surface area (Å²) in [5.74, 6) is 0. The molecule has 0 radical (unpaired) electrons. The highest BCUT2D eigenvalue weighted by Gasteiger charge is 2.38. The molecule has 2 unspecified atom stereocenters. The summed E-state index contributed by atoms with van der Waals surface area (Å²) in [4.78, 5) is 2.63. The summed E-state index contributed by atoms with van der Waals surface area (Å²) in [5.41, 5.74) is 9.35. The van der Waals surface area contributed by atoms with E-state index in [1.807, 2.05) is 18.2 Å². The van der Waals surface area contributed by atoms with Crippen molar-refractivity contribution in [2.24, 2.45) is 0 Å². The number of hydrogen-bond donors (Lipinski definition) is 2. The van der Waals surface area contributed by atoms with Crippen molar-refractivity contribution in [3.8, 4) is 0 Å². The van der Waals surface area contributed by atoms with Crippen LogP contribution in [-0.4, -0.2) is 36.2 Å². The van der Waals surface area contributed by atoms with Gasteiger partial charge in [0.25, 0.3) is 0 Å². The molecule has 2 saturated heterocycles. The van der Waals surface area contributed by atoms with Gasteiger partial charge in [-0.05, 0) is 30.5 Å². The molecule has 126 valence electrons. The van der Waals surface area contributed by atoms with Gasteiger partial charge < -0.3 is 15.8 Å². The molecule has 2 aliphatic heterocycles. The molecule has 2 aliphatic rings. The van der Waals surface area contributed by atoms with Crippen molar-refractivity contribution >= 4 is 11.4 Å². The van der Waals surface area contributed by atoms with Crippen LogP contribution in [0.4, 0.5) is 11.4 Å². The fraction of sp³-hybridized carbons (Fsp3) is 0.400. The highest BCUT2D eigenvalue weighted by molar-refractivity contribution is 5.66. The molecule has 4 heteroatoms. The third-order valence-corrected chi connectivity index (χ3v) is 5.20. The number of ether oxygens (including phenoxy) is 1. The van der Waals surface area contributed by atoms with E-state index in [0.717, 1.165) is 44.0 Å². The lowest BCUT2D eigenvalue weighted by Gasteiger charge is -2.48. The Labute approximate surface area is 143 Å². The third kappa shape index (κ3) is 3.25. The van der Waals surface area contributed by atoms with Crippen LogP contribution in [0.25, 0.3) is 0 Å². The summed E-state index contributed by atoms with van der Waals surface area (Å²) >= 11 is 0. The van der Waals surface area contributed by atoms with E-state index in [1.165, 1.54) is 5.56 Å². The fourth-order valence-electron chi connectivity index (χ4n) is 4.01. The Hall–Kier alpha value is -2.04. The van der Waals surface area contributed by atoms with Crippen LogP contribution < -0.4 is 11.1 Å². The number of para-hydroxylation sites is 2. The number of benzene rings is 2. The van der Waals surface area contributed by atoms with Crippen molar-refractivity contribution in [3.05, 3.63) is 60.2 Å². The normalized spacial score (nSPS) is 26.9. The topological polar surface area (TPSA) is 50.5 Å². The van der Waals surface area contributed by atoms with Gasteiger partial charge in [0, 0.05) is 24.7 Å². The molecule has 2 aromatic carbocycles. The highest BCUT2D eigenvalue weighted by Crippen LogP contribution is 2.32. The zero-order valence-corrected chi connectivity index (χ0v) is 13.9. The molecule has 2 atom stereocenters. The Morgan fingerprint density at radius 1 is 0.958 bits per heavy atom. The van der Waals surface area contributed by atoms with Gasteiger partial charge in [0.05, 0.1) is 24.6 Å². The maximum absolute atomic E-state index is 6.09. The van der Waals surface area contributed by atoms with Crippen molar-refractivity contribution < 1.29 is 4.74 Å². The van der Waals surface area contributed by atoms with Crippen LogP contribution >= 0.6 is 0 Å². The molecule has 0 aromatic heterocycles. The lowest BCUT2D eigenvalue weighted by molar-refractivity contribution is -0.0802. The van der Waals surface area contributed by atoms with Gasteiger partial charge in [-0.2, -0.15) is 0 Å². The summed E-state index contributed by atoms with van der Waals surface area (Å²) in [6.07, 6.45) is 2.19. The summed E-state index contributed by atoms with van der Waals surface area (Å²) in [5, 5.41) is 3.65. The lowest BCUT2D eigenvalue weighted by Crippen LogP contribution is -2.58. The number of nitrogens with one attached hydrogen (secondary N) is 1. The first-order chi connectivity index (χ1) is 11.8. The number of morpholine rings is 1. The first-order valence-corrected chi connectivity index (χ1v) is 8.78. The molecule has 2 aromatic rings. The number of nitrogens with two attached hydrogens (primary N) is 1. The predicted molar refractivity (Wildman–Crippen MR) is 97.9 cm³/mol. The molecule has 4 nitrogen and oxygen atoms in total. The minimum atomic E-state index is 0.459. The fourth-order valence-corrected chi connectivity index (χ4v) is 4.01. The van der Waals surface area contributed by atoms with E-state index in [1.54, 1.807) is 0 Å². The van der Waals surface area contributed by atoms with Crippen LogP contribution in [0.15, 0.2) is 54.6 Å². The van der Waals surface area contributed by atoms with Crippen LogP contribution in [0.3, 0.4) is 0 Å². The van der Waals surface area contributed by atoms with Crippen molar-refractivity contribution in [1.82, 2.24) is 4.90 Å². The first kappa shape index (κ1) is 15.5. The monoisotopic (exact) mass is 323 g/mol. The van der Waals surface area contributed by atoms with Gasteiger partial charge in [-0.3, -0.25) is 4.90 Å². The Bertz CT molecular complexity index is 662. The highest BCUT2D eigenvalue weighted by atomic mass is 16.5. The Kier molecular flexibility index (Phi) is 4.41. The van der Waals surface area contributed by atoms with E-state index in [4.69, 9.17) is 10.5 Å². The second-order valence-electron chi connectivity index (χ2n) is 6.90. The van der Waals surface area contributed by atoms with Crippen LogP contribution in [0.5, 0.6) is 0 Å². The van der Waals surface area contributed by atoms with Gasteiger partial charge >= 0.3 is 0 Å². The van der Waals surface area contributed by atoms with Crippen LogP contribution in [-0.2, 0) is 11.3 Å². The molecule has 0 saturated carbocycles. The second kappa shape index (κ2) is 6.83. The van der Waals surface area contributed by atoms with Gasteiger partial charge in [0.2, 0.25) is 0 Å². The second-order valence-corrected chi connectivity index (χ2v) is 6.90. The average molecular weight is 323 g/mol. The van der Waals surface area contributed by atoms with Crippen LogP contribution in [0.2, 0.25) is 0 Å². The largest absolute Gasteiger partial charge is 0.397 e. The summed E-state index contributed by atoms with van der Waals surface area (Å²) in [6, 6.07) is 20.2. The Balaban J connectivity index is 1.46. The molecule has 2 bridgehead atoms. The molecule has 0 spiro atoms. The van der Waals surface area contributed by atoms with Crippen LogP contribution in [0, 0.1) is 0 Å². The minimum absolute atomic E-state index is 0.459. The minimum Gasteiger partial charge on any atom is -0.397 e. The summed E-state index contributed by atoms with van der Waals surface area (Å²) in [7, 11) is 0. The quantitative estimate of drug-likeness (QED) is 0.849. The number of nitrogen functional groups attached to an aromatic ring is 1. The Morgan fingerprint density at radius 3 is 2.33 bits per heavy atom. The van der Waals surface area contributed by atoms with Gasteiger partial charge in [-0.15, -0.1) is 0 Å². The number of hydrogen-bond acceptors (Lipinski definition) is 4. The van der Waals surface area contributed by atoms with E-state index in [2.05, 4.69) is 46.6 Å². The van der Waals surface area contributed by atoms with E-state index in [0.29, 0.717) is 18.1 Å². The van der Waals surface area contributed by atoms with E-state index in [-0.39, 0.29) is 0 Å². The molecule has 4 rings (SSSR count). The maximum atomic E-state index is 6.09. The van der Waals surface area contributed by atoms with Gasteiger partial charge in [0.15, 0.2) is 0 Å². The molecule has 2 fully saturated rings. The van der Waals surface area contributed by atoms with Crippen molar-refractivity contribution in [1.29, 1.82) is 0 Å². The number of nitrogens with zero attached hydrogens (tertiary/aromatic N) is 1. The zero-order valence-electron chi connectivity index (χ0n) is 13.9. The average Bonchev–Trinajstić information content (AvgIpc) is 2.58. The van der Waals surface area contributed by atoms with Crippen molar-refractivity contribution in [3.63, 3.8) is 0 Å². The molecular formula is C20H25N3O. The van der Waals surface area contributed by atoms with Crippen molar-refractivity contribution in [2.75, 3.05) is 24.3 Å². The number of piperidine rings is 1. The Morgan fingerprint density at radius 2 is 1.62 bits per heavy atom. The predicted octanol–water partition coefficient (Wildman–Crippen LogP) is 3.11. The molecule has 0 amide bonds. The van der Waals surface area contributed by atoms with Crippen molar-refractivity contribution in [2.45, 2.75) is 37.5 Å². The third-order valence-electron chi connectivity index (χ3n) is 5.20. The molecule has 0 aliphatic carbocycles. The SMILES string of the molecule is Nc1ccccc1NC1CC2COCC(C1)N2Cc1ccccc1. The first-order valence-electron chi connectivity index (χ1n) is 8.78. The molecular weight excluding hydrogens is 298 g/mol. The maximum Gasteiger partial charge on any atom is 0.0623 e. The molecule has 3 N–H and O–H groups in total. The number of fused-ring (bicyclic) bond motifs is 2. The zero-order chi connectivity index (χ0) is 16.4. The lowest BCUT2D eigenvalue weighted by atomic mass is 9.89.